The lowest BCUT2D eigenvalue weighted by atomic mass is 10.0. The summed E-state index contributed by atoms with van der Waals surface area (Å²) in [6, 6.07) is -1.01. The lowest BCUT2D eigenvalue weighted by molar-refractivity contribution is -0.153. The molecule has 0 heterocycles. The molecule has 0 bridgehead atoms. The number of allylic oxidation sites excluding steroid dienone is 7. The third kappa shape index (κ3) is 35.1. The summed E-state index contributed by atoms with van der Waals surface area (Å²) in [7, 11) is 0. The average Bonchev–Trinajstić information content (AvgIpc) is 3.14. The van der Waals surface area contributed by atoms with E-state index >= 15 is 0 Å². The quantitative estimate of drug-likeness (QED) is 0.0208. The van der Waals surface area contributed by atoms with E-state index in [0.717, 1.165) is 32.1 Å². The Morgan fingerprint density at radius 2 is 1.23 bits per heavy atom. The van der Waals surface area contributed by atoms with Gasteiger partial charge in [0.15, 0.2) is 0 Å². The molecule has 4 atom stereocenters. The largest absolute Gasteiger partial charge is 0.481 e. The van der Waals surface area contributed by atoms with Crippen molar-refractivity contribution < 1.29 is 39.2 Å². The summed E-state index contributed by atoms with van der Waals surface area (Å²) >= 11 is 1.27. The normalized spacial score (nSPS) is 14.4. The summed E-state index contributed by atoms with van der Waals surface area (Å²) in [5.41, 5.74) is 6.05. The van der Waals surface area contributed by atoms with Crippen molar-refractivity contribution in [3.63, 3.8) is 0 Å². The van der Waals surface area contributed by atoms with E-state index in [1.54, 1.807) is 0 Å². The van der Waals surface area contributed by atoms with Crippen molar-refractivity contribution in [3.05, 3.63) is 48.6 Å². The number of hydrogen-bond acceptors (Lipinski definition) is 9. The maximum absolute atomic E-state index is 12.5. The van der Waals surface area contributed by atoms with E-state index in [0.29, 0.717) is 12.8 Å². The van der Waals surface area contributed by atoms with Crippen molar-refractivity contribution in [2.24, 2.45) is 5.73 Å². The molecule has 0 aromatic rings. The summed E-state index contributed by atoms with van der Waals surface area (Å²) < 4.78 is 10.3. The summed E-state index contributed by atoms with van der Waals surface area (Å²) in [5.74, 6) is -1.87. The summed E-state index contributed by atoms with van der Waals surface area (Å²) in [4.78, 5) is 35.5. The Morgan fingerprint density at radius 1 is 0.660 bits per heavy atom. The molecular weight excluding hydrogens is 691 g/mol. The Balaban J connectivity index is 4.34. The molecular formula is C43H75NO8S. The molecule has 0 amide bonds. The lowest BCUT2D eigenvalue weighted by Gasteiger charge is -2.21. The second-order valence-corrected chi connectivity index (χ2v) is 15.2. The third-order valence-electron chi connectivity index (χ3n) is 8.81. The zero-order chi connectivity index (χ0) is 39.2. The van der Waals surface area contributed by atoms with Crippen molar-refractivity contribution in [1.29, 1.82) is 0 Å². The highest BCUT2D eigenvalue weighted by atomic mass is 32.2. The van der Waals surface area contributed by atoms with Crippen LogP contribution in [0.4, 0.5) is 0 Å². The van der Waals surface area contributed by atoms with Gasteiger partial charge in [0, 0.05) is 23.8 Å². The van der Waals surface area contributed by atoms with Crippen LogP contribution >= 0.6 is 11.8 Å². The van der Waals surface area contributed by atoms with Crippen molar-refractivity contribution in [1.82, 2.24) is 0 Å². The number of carboxylic acids is 1. The highest BCUT2D eigenvalue weighted by Gasteiger charge is 2.23. The zero-order valence-electron chi connectivity index (χ0n) is 33.2. The molecule has 9 nitrogen and oxygen atoms in total. The van der Waals surface area contributed by atoms with Gasteiger partial charge in [0.2, 0.25) is 0 Å². The molecule has 5 N–H and O–H groups in total. The van der Waals surface area contributed by atoms with E-state index in [2.05, 4.69) is 32.1 Å². The highest BCUT2D eigenvalue weighted by molar-refractivity contribution is 8.00. The number of aliphatic hydroxyl groups excluding tert-OH is 2. The van der Waals surface area contributed by atoms with E-state index in [1.165, 1.54) is 102 Å². The monoisotopic (exact) mass is 766 g/mol. The number of nitrogens with two attached hydrogens (primary N) is 1. The molecule has 0 rings (SSSR count). The minimum absolute atomic E-state index is 0.0428. The second kappa shape index (κ2) is 37.9. The fraction of sp³-hybridized carbons (Fsp3) is 0.744. The highest BCUT2D eigenvalue weighted by Crippen LogP contribution is 2.21. The predicted molar refractivity (Wildman–Crippen MR) is 220 cm³/mol. The molecule has 0 aliphatic rings. The number of esters is 2. The van der Waals surface area contributed by atoms with Crippen LogP contribution < -0.4 is 5.73 Å². The van der Waals surface area contributed by atoms with Crippen LogP contribution in [0, 0.1) is 0 Å². The summed E-state index contributed by atoms with van der Waals surface area (Å²) in [6.45, 7) is 3.83. The lowest BCUT2D eigenvalue weighted by Crippen LogP contribution is -2.38. The Kier molecular flexibility index (Phi) is 36.2. The van der Waals surface area contributed by atoms with Gasteiger partial charge in [-0.05, 0) is 38.5 Å². The maximum Gasteiger partial charge on any atom is 0.323 e. The Labute approximate surface area is 326 Å². The topological polar surface area (TPSA) is 156 Å². The third-order valence-corrected chi connectivity index (χ3v) is 10.2. The number of thioether (sulfide) groups is 1. The van der Waals surface area contributed by atoms with Crippen LogP contribution in [0.15, 0.2) is 48.6 Å². The van der Waals surface area contributed by atoms with Crippen molar-refractivity contribution in [3.8, 4) is 0 Å². The van der Waals surface area contributed by atoms with Crippen LogP contribution in [0.3, 0.4) is 0 Å². The number of unbranched alkanes of at least 4 members (excludes halogenated alkanes) is 16. The van der Waals surface area contributed by atoms with E-state index in [4.69, 9.17) is 20.3 Å². The Hall–Kier alpha value is -2.40. The zero-order valence-corrected chi connectivity index (χ0v) is 34.0. The van der Waals surface area contributed by atoms with Gasteiger partial charge in [-0.15, -0.1) is 11.8 Å². The fourth-order valence-electron chi connectivity index (χ4n) is 5.53. The summed E-state index contributed by atoms with van der Waals surface area (Å²) in [6.07, 6.45) is 37.6. The van der Waals surface area contributed by atoms with E-state index in [1.807, 2.05) is 30.4 Å². The first kappa shape index (κ1) is 50.6. The molecule has 10 heteroatoms. The van der Waals surface area contributed by atoms with Crippen LogP contribution in [-0.4, -0.2) is 75.7 Å². The first-order valence-corrected chi connectivity index (χ1v) is 21.7. The molecule has 306 valence electrons. The maximum atomic E-state index is 12.5. The Bertz CT molecular complexity index is 1010. The smallest absolute Gasteiger partial charge is 0.323 e. The van der Waals surface area contributed by atoms with Crippen LogP contribution in [0.25, 0.3) is 0 Å². The first-order valence-electron chi connectivity index (χ1n) is 20.6. The number of aliphatic hydroxyl groups is 2. The number of carbonyl (C=O) groups is 3. The van der Waals surface area contributed by atoms with Crippen molar-refractivity contribution in [2.45, 2.75) is 185 Å². The van der Waals surface area contributed by atoms with Crippen LogP contribution in [0.2, 0.25) is 0 Å². The molecule has 0 aliphatic carbocycles. The molecule has 0 saturated carbocycles. The number of carboxylic acid groups (broad SMARTS) is 1. The number of rotatable bonds is 37. The van der Waals surface area contributed by atoms with Gasteiger partial charge >= 0.3 is 17.9 Å². The molecule has 0 aromatic carbocycles. The molecule has 0 radical (unpaired) electrons. The number of ether oxygens (including phenoxy) is 2. The van der Waals surface area contributed by atoms with Gasteiger partial charge in [-0.2, -0.15) is 0 Å². The molecule has 0 unspecified atom stereocenters. The Morgan fingerprint density at radius 3 is 1.85 bits per heavy atom. The van der Waals surface area contributed by atoms with E-state index < -0.39 is 35.4 Å². The van der Waals surface area contributed by atoms with Crippen LogP contribution in [-0.2, 0) is 23.9 Å². The van der Waals surface area contributed by atoms with Gasteiger partial charge in [-0.25, -0.2) is 0 Å². The van der Waals surface area contributed by atoms with Gasteiger partial charge in [0.1, 0.15) is 25.4 Å². The number of aliphatic carboxylic acids is 1. The van der Waals surface area contributed by atoms with Gasteiger partial charge in [0.25, 0.3) is 0 Å². The molecule has 53 heavy (non-hydrogen) atoms. The molecule has 0 spiro atoms. The second-order valence-electron chi connectivity index (χ2n) is 14.0. The van der Waals surface area contributed by atoms with E-state index in [9.17, 15) is 24.6 Å². The van der Waals surface area contributed by atoms with Gasteiger partial charge in [-0.3, -0.25) is 14.4 Å². The predicted octanol–water partition coefficient (Wildman–Crippen LogP) is 9.55. The van der Waals surface area contributed by atoms with Crippen molar-refractivity contribution >= 4 is 29.7 Å². The minimum atomic E-state index is -1.16. The molecule has 0 aromatic heterocycles. The number of carbonyl (C=O) groups excluding carboxylic acids is 2. The number of hydrogen-bond donors (Lipinski definition) is 4. The minimum Gasteiger partial charge on any atom is -0.481 e. The van der Waals surface area contributed by atoms with Gasteiger partial charge < -0.3 is 30.5 Å². The molecule has 0 aliphatic heterocycles. The van der Waals surface area contributed by atoms with Gasteiger partial charge in [-0.1, -0.05) is 159 Å². The standard InChI is InChI=1S/C43H75NO8S/c1-3-5-7-9-11-13-15-17-18-20-22-24-26-28-33-42(49)51-34-37(45)35-52-43(50)38(44)36-53-40(39(46)30-29-32-41(47)48)31-27-25-23-21-19-16-14-12-10-8-6-4-2/h12,14,19,21,23,25,27,31,37-40,45-46H,3-11,13,15-18,20,22,24,26,28-30,32-36,44H2,1-2H3,(H,47,48)/b14-12-,21-19-,25-23+,31-27+/t37-,38-,39-,40+/m0/s1. The molecule has 0 saturated heterocycles. The van der Waals surface area contributed by atoms with E-state index in [-0.39, 0.29) is 37.8 Å². The van der Waals surface area contributed by atoms with Gasteiger partial charge in [0.05, 0.1) is 6.10 Å². The van der Waals surface area contributed by atoms with Crippen molar-refractivity contribution in [2.75, 3.05) is 19.0 Å². The van der Waals surface area contributed by atoms with Crippen LogP contribution in [0.5, 0.6) is 0 Å². The summed E-state index contributed by atoms with van der Waals surface area (Å²) in [5, 5.41) is 29.5. The van der Waals surface area contributed by atoms with Crippen LogP contribution in [0.1, 0.15) is 162 Å². The SMILES string of the molecule is CCCCC/C=C\C\C=C/C=C/C=C/[C@@H](SC[C@H](N)C(=O)OC[C@@H](O)COC(=O)CCCCCCCCCCCCCCCC)[C@@H](O)CCCC(=O)O. The fourth-order valence-corrected chi connectivity index (χ4v) is 6.65. The molecule has 0 fully saturated rings. The average molecular weight is 766 g/mol. The first-order chi connectivity index (χ1) is 25.7.